The van der Waals surface area contributed by atoms with E-state index >= 15 is 0 Å². The quantitative estimate of drug-likeness (QED) is 0.867. The summed E-state index contributed by atoms with van der Waals surface area (Å²) in [5.74, 6) is -0.526. The first-order valence-electron chi connectivity index (χ1n) is 5.66. The van der Waals surface area contributed by atoms with Gasteiger partial charge in [-0.05, 0) is 25.1 Å². The van der Waals surface area contributed by atoms with Crippen LogP contribution < -0.4 is 5.32 Å². The number of rotatable bonds is 5. The topological polar surface area (TPSA) is 92.4 Å². The SMILES string of the molecule is CC(CS(C)=O)Nc1nc2ccc(C(=O)O)cc2o1. The molecule has 1 aromatic carbocycles. The van der Waals surface area contributed by atoms with Crippen molar-refractivity contribution in [2.24, 2.45) is 0 Å². The lowest BCUT2D eigenvalue weighted by Crippen LogP contribution is -2.22. The number of anilines is 1. The number of aromatic nitrogens is 1. The molecule has 1 aromatic heterocycles. The maximum absolute atomic E-state index is 11.1. The highest BCUT2D eigenvalue weighted by Gasteiger charge is 2.12. The van der Waals surface area contributed by atoms with Crippen molar-refractivity contribution in [3.63, 3.8) is 0 Å². The highest BCUT2D eigenvalue weighted by atomic mass is 32.2. The van der Waals surface area contributed by atoms with Crippen LogP contribution in [0.5, 0.6) is 0 Å². The zero-order valence-electron chi connectivity index (χ0n) is 10.5. The van der Waals surface area contributed by atoms with E-state index in [2.05, 4.69) is 10.3 Å². The molecule has 0 saturated carbocycles. The lowest BCUT2D eigenvalue weighted by Gasteiger charge is -2.09. The van der Waals surface area contributed by atoms with Crippen LogP contribution in [-0.2, 0) is 10.8 Å². The van der Waals surface area contributed by atoms with Crippen molar-refractivity contribution < 1.29 is 18.5 Å². The number of hydrogen-bond donors (Lipinski definition) is 2. The van der Waals surface area contributed by atoms with Gasteiger partial charge in [-0.3, -0.25) is 4.21 Å². The Bertz CT molecular complexity index is 638. The Morgan fingerprint density at radius 3 is 2.95 bits per heavy atom. The van der Waals surface area contributed by atoms with Crippen LogP contribution >= 0.6 is 0 Å². The van der Waals surface area contributed by atoms with Crippen LogP contribution in [0.3, 0.4) is 0 Å². The standard InChI is InChI=1S/C12H14N2O4S/c1-7(6-19(2)17)13-12-14-9-4-3-8(11(15)16)5-10(9)18-12/h3-5,7H,6H2,1-2H3,(H,13,14)(H,15,16). The second kappa shape index (κ2) is 5.40. The predicted octanol–water partition coefficient (Wildman–Crippen LogP) is 1.70. The second-order valence-electron chi connectivity index (χ2n) is 4.29. The molecule has 0 aliphatic carbocycles. The fourth-order valence-electron chi connectivity index (χ4n) is 1.72. The zero-order chi connectivity index (χ0) is 14.0. The summed E-state index contributed by atoms with van der Waals surface area (Å²) < 4.78 is 16.5. The van der Waals surface area contributed by atoms with Gasteiger partial charge in [-0.25, -0.2) is 4.79 Å². The normalized spacial score (nSPS) is 14.2. The molecule has 0 fully saturated rings. The summed E-state index contributed by atoms with van der Waals surface area (Å²) in [6.45, 7) is 1.87. The van der Waals surface area contributed by atoms with Gasteiger partial charge in [-0.2, -0.15) is 4.98 Å². The molecule has 19 heavy (non-hydrogen) atoms. The van der Waals surface area contributed by atoms with E-state index in [-0.39, 0.29) is 11.6 Å². The van der Waals surface area contributed by atoms with Gasteiger partial charge in [0.25, 0.3) is 6.01 Å². The third-order valence-corrected chi connectivity index (χ3v) is 3.46. The smallest absolute Gasteiger partial charge is 0.335 e. The van der Waals surface area contributed by atoms with Gasteiger partial charge in [0, 0.05) is 28.9 Å². The summed E-state index contributed by atoms with van der Waals surface area (Å²) >= 11 is 0. The molecule has 0 amide bonds. The Hall–Kier alpha value is -1.89. The van der Waals surface area contributed by atoms with Crippen molar-refractivity contribution in [2.75, 3.05) is 17.3 Å². The molecule has 2 rings (SSSR count). The van der Waals surface area contributed by atoms with Crippen LogP contribution in [0, 0.1) is 0 Å². The molecule has 0 radical (unpaired) electrons. The Morgan fingerprint density at radius 1 is 1.58 bits per heavy atom. The summed E-state index contributed by atoms with van der Waals surface area (Å²) in [6, 6.07) is 4.75. The molecule has 102 valence electrons. The van der Waals surface area contributed by atoms with E-state index in [1.165, 1.54) is 12.1 Å². The molecule has 7 heteroatoms. The van der Waals surface area contributed by atoms with Crippen LogP contribution in [-0.4, -0.2) is 38.3 Å². The van der Waals surface area contributed by atoms with Crippen molar-refractivity contribution in [1.82, 2.24) is 4.98 Å². The average molecular weight is 282 g/mol. The Labute approximate surface area is 112 Å². The highest BCUT2D eigenvalue weighted by molar-refractivity contribution is 7.84. The first-order chi connectivity index (χ1) is 8.95. The number of aromatic carboxylic acids is 1. The van der Waals surface area contributed by atoms with E-state index in [1.54, 1.807) is 12.3 Å². The van der Waals surface area contributed by atoms with Crippen LogP contribution in [0.15, 0.2) is 22.6 Å². The molecule has 0 spiro atoms. The van der Waals surface area contributed by atoms with Crippen molar-refractivity contribution in [3.8, 4) is 0 Å². The maximum atomic E-state index is 11.1. The third-order valence-electron chi connectivity index (χ3n) is 2.49. The molecule has 0 saturated heterocycles. The van der Waals surface area contributed by atoms with Crippen LogP contribution in [0.25, 0.3) is 11.1 Å². The van der Waals surface area contributed by atoms with E-state index in [4.69, 9.17) is 9.52 Å². The molecule has 6 nitrogen and oxygen atoms in total. The van der Waals surface area contributed by atoms with Crippen LogP contribution in [0.2, 0.25) is 0 Å². The highest BCUT2D eigenvalue weighted by Crippen LogP contribution is 2.20. The monoisotopic (exact) mass is 282 g/mol. The van der Waals surface area contributed by atoms with E-state index in [9.17, 15) is 9.00 Å². The van der Waals surface area contributed by atoms with Gasteiger partial charge in [0.05, 0.1) is 5.56 Å². The lowest BCUT2D eigenvalue weighted by atomic mass is 10.2. The Morgan fingerprint density at radius 2 is 2.32 bits per heavy atom. The molecule has 0 aliphatic heterocycles. The molecule has 2 unspecified atom stereocenters. The zero-order valence-corrected chi connectivity index (χ0v) is 11.4. The molecule has 0 aliphatic rings. The van der Waals surface area contributed by atoms with Gasteiger partial charge >= 0.3 is 5.97 Å². The van der Waals surface area contributed by atoms with Gasteiger partial charge < -0.3 is 14.8 Å². The summed E-state index contributed by atoms with van der Waals surface area (Å²) in [5.41, 5.74) is 1.14. The number of carbonyl (C=O) groups is 1. The first kappa shape index (κ1) is 13.5. The molecule has 0 bridgehead atoms. The van der Waals surface area contributed by atoms with Gasteiger partial charge in [0.2, 0.25) is 0 Å². The summed E-state index contributed by atoms with van der Waals surface area (Å²) in [5, 5.41) is 11.9. The summed E-state index contributed by atoms with van der Waals surface area (Å²) in [6.07, 6.45) is 1.63. The minimum atomic E-state index is -1.01. The van der Waals surface area contributed by atoms with E-state index in [1.807, 2.05) is 6.92 Å². The lowest BCUT2D eigenvalue weighted by molar-refractivity contribution is 0.0697. The maximum Gasteiger partial charge on any atom is 0.335 e. The van der Waals surface area contributed by atoms with E-state index in [0.717, 1.165) is 0 Å². The largest absolute Gasteiger partial charge is 0.478 e. The minimum Gasteiger partial charge on any atom is -0.478 e. The summed E-state index contributed by atoms with van der Waals surface area (Å²) in [4.78, 5) is 15.0. The molecule has 1 heterocycles. The first-order valence-corrected chi connectivity index (χ1v) is 7.39. The number of oxazole rings is 1. The summed E-state index contributed by atoms with van der Waals surface area (Å²) in [7, 11) is -0.907. The second-order valence-corrected chi connectivity index (χ2v) is 5.77. The minimum absolute atomic E-state index is 0.0437. The van der Waals surface area contributed by atoms with Gasteiger partial charge in [-0.15, -0.1) is 0 Å². The number of benzene rings is 1. The number of hydrogen-bond acceptors (Lipinski definition) is 5. The fourth-order valence-corrected chi connectivity index (χ4v) is 2.51. The van der Waals surface area contributed by atoms with Crippen molar-refractivity contribution in [3.05, 3.63) is 23.8 Å². The van der Waals surface area contributed by atoms with Crippen molar-refractivity contribution in [1.29, 1.82) is 0 Å². The predicted molar refractivity (Wildman–Crippen MR) is 73.0 cm³/mol. The van der Waals surface area contributed by atoms with E-state index < -0.39 is 16.8 Å². The number of carboxylic acid groups (broad SMARTS) is 1. The number of nitrogens with zero attached hydrogens (tertiary/aromatic N) is 1. The number of fused-ring (bicyclic) bond motifs is 1. The fraction of sp³-hybridized carbons (Fsp3) is 0.333. The van der Waals surface area contributed by atoms with Crippen molar-refractivity contribution >= 4 is 33.9 Å². The van der Waals surface area contributed by atoms with Crippen LogP contribution in [0.4, 0.5) is 6.01 Å². The molecular formula is C12H14N2O4S. The molecule has 2 N–H and O–H groups in total. The Balaban J connectivity index is 2.21. The van der Waals surface area contributed by atoms with Gasteiger partial charge in [0.1, 0.15) is 5.52 Å². The van der Waals surface area contributed by atoms with Gasteiger partial charge in [-0.1, -0.05) is 0 Å². The molecule has 2 atom stereocenters. The third kappa shape index (κ3) is 3.31. The van der Waals surface area contributed by atoms with Crippen molar-refractivity contribution in [2.45, 2.75) is 13.0 Å². The van der Waals surface area contributed by atoms with Gasteiger partial charge in [0.15, 0.2) is 5.58 Å². The Kier molecular flexibility index (Phi) is 3.84. The number of nitrogens with one attached hydrogen (secondary N) is 1. The molecule has 2 aromatic rings. The average Bonchev–Trinajstić information content (AvgIpc) is 2.68. The van der Waals surface area contributed by atoms with E-state index in [0.29, 0.717) is 22.9 Å². The molecular weight excluding hydrogens is 268 g/mol. The number of carboxylic acids is 1. The van der Waals surface area contributed by atoms with Crippen LogP contribution in [0.1, 0.15) is 17.3 Å².